The fraction of sp³-hybridized carbons (Fsp3) is 0.667. The molecule has 3 heterocycles. The van der Waals surface area contributed by atoms with Crippen LogP contribution in [0.5, 0.6) is 0 Å². The number of rotatable bonds is 7. The Morgan fingerprint density at radius 1 is 1.37 bits per heavy atom. The monoisotopic (exact) mass is 436 g/mol. The van der Waals surface area contributed by atoms with E-state index in [1.807, 2.05) is 14.1 Å². The standard InChI is InChI=1S/C15H24N8OS.2ClH/c1-22(2)7-5-13-19-20-15(25-13)17-14(24)12-10-23(21-18-12)9-11-4-3-6-16-8-11;;/h10-11,16H,3-9H2,1-2H3,(H,17,20,24);2*1H. The number of nitrogens with one attached hydrogen (secondary N) is 2. The van der Waals surface area contributed by atoms with Crippen LogP contribution in [0.2, 0.25) is 0 Å². The van der Waals surface area contributed by atoms with Crippen LogP contribution in [0.15, 0.2) is 6.20 Å². The summed E-state index contributed by atoms with van der Waals surface area (Å²) in [6.07, 6.45) is 4.86. The van der Waals surface area contributed by atoms with Crippen molar-refractivity contribution in [3.05, 3.63) is 16.9 Å². The molecule has 27 heavy (non-hydrogen) atoms. The van der Waals surface area contributed by atoms with E-state index >= 15 is 0 Å². The van der Waals surface area contributed by atoms with E-state index in [2.05, 4.69) is 36.0 Å². The highest BCUT2D eigenvalue weighted by atomic mass is 35.5. The third-order valence-electron chi connectivity index (χ3n) is 4.08. The molecule has 0 radical (unpaired) electrons. The van der Waals surface area contributed by atoms with E-state index in [0.717, 1.165) is 37.6 Å². The maximum Gasteiger partial charge on any atom is 0.279 e. The number of anilines is 1. The van der Waals surface area contributed by atoms with Crippen LogP contribution in [-0.4, -0.2) is 69.7 Å². The average Bonchev–Trinajstić information content (AvgIpc) is 3.23. The van der Waals surface area contributed by atoms with Gasteiger partial charge in [-0.1, -0.05) is 16.6 Å². The largest absolute Gasteiger partial charge is 0.316 e. The van der Waals surface area contributed by atoms with Crippen molar-refractivity contribution in [2.75, 3.05) is 39.0 Å². The quantitative estimate of drug-likeness (QED) is 0.674. The first-order valence-electron chi connectivity index (χ1n) is 8.49. The van der Waals surface area contributed by atoms with Crippen LogP contribution in [0.4, 0.5) is 5.13 Å². The highest BCUT2D eigenvalue weighted by Crippen LogP contribution is 2.17. The molecule has 3 rings (SSSR count). The van der Waals surface area contributed by atoms with Crippen molar-refractivity contribution in [3.8, 4) is 0 Å². The van der Waals surface area contributed by atoms with Crippen molar-refractivity contribution in [1.29, 1.82) is 0 Å². The van der Waals surface area contributed by atoms with E-state index in [9.17, 15) is 4.79 Å². The Morgan fingerprint density at radius 2 is 2.19 bits per heavy atom. The van der Waals surface area contributed by atoms with Crippen LogP contribution < -0.4 is 10.6 Å². The second kappa shape index (κ2) is 11.5. The molecule has 1 atom stereocenters. The van der Waals surface area contributed by atoms with Gasteiger partial charge in [0.2, 0.25) is 5.13 Å². The number of carbonyl (C=O) groups is 1. The number of nitrogens with zero attached hydrogens (tertiary/aromatic N) is 6. The highest BCUT2D eigenvalue weighted by Gasteiger charge is 2.17. The predicted molar refractivity (Wildman–Crippen MR) is 110 cm³/mol. The van der Waals surface area contributed by atoms with Crippen LogP contribution >= 0.6 is 36.2 Å². The molecule has 12 heteroatoms. The Bertz CT molecular complexity index is 702. The molecule has 0 bridgehead atoms. The Hall–Kier alpha value is -1.33. The number of piperidine rings is 1. The van der Waals surface area contributed by atoms with Crippen LogP contribution in [0, 0.1) is 5.92 Å². The van der Waals surface area contributed by atoms with Gasteiger partial charge in [0.1, 0.15) is 5.01 Å². The fourth-order valence-electron chi connectivity index (χ4n) is 2.72. The Kier molecular flexibility index (Phi) is 10.1. The summed E-state index contributed by atoms with van der Waals surface area (Å²) in [5, 5.41) is 23.7. The zero-order valence-corrected chi connectivity index (χ0v) is 17.9. The molecule has 1 unspecified atom stereocenters. The van der Waals surface area contributed by atoms with E-state index in [0.29, 0.717) is 16.7 Å². The first-order chi connectivity index (χ1) is 12.1. The Labute approximate surface area is 175 Å². The van der Waals surface area contributed by atoms with Crippen molar-refractivity contribution in [2.24, 2.45) is 5.92 Å². The lowest BCUT2D eigenvalue weighted by molar-refractivity contribution is 0.102. The summed E-state index contributed by atoms with van der Waals surface area (Å²) in [6, 6.07) is 0. The van der Waals surface area contributed by atoms with Crippen LogP contribution in [0.1, 0.15) is 28.3 Å². The third kappa shape index (κ3) is 7.30. The third-order valence-corrected chi connectivity index (χ3v) is 4.97. The van der Waals surface area contributed by atoms with E-state index in [1.54, 1.807) is 10.9 Å². The van der Waals surface area contributed by atoms with E-state index < -0.39 is 0 Å². The van der Waals surface area contributed by atoms with Crippen molar-refractivity contribution in [2.45, 2.75) is 25.8 Å². The normalized spacial score (nSPS) is 16.5. The van der Waals surface area contributed by atoms with Crippen LogP contribution in [-0.2, 0) is 13.0 Å². The van der Waals surface area contributed by atoms with Crippen LogP contribution in [0.3, 0.4) is 0 Å². The summed E-state index contributed by atoms with van der Waals surface area (Å²) >= 11 is 1.39. The Balaban J connectivity index is 0.00000182. The number of amides is 1. The van der Waals surface area contributed by atoms with Gasteiger partial charge >= 0.3 is 0 Å². The van der Waals surface area contributed by atoms with Crippen molar-refractivity contribution < 1.29 is 4.79 Å². The minimum atomic E-state index is -0.302. The SMILES string of the molecule is CN(C)CCc1nnc(NC(=O)c2cn(CC3CCCNC3)nn2)s1.Cl.Cl. The summed E-state index contributed by atoms with van der Waals surface area (Å²) in [7, 11) is 4.02. The van der Waals surface area contributed by atoms with Crippen molar-refractivity contribution >= 4 is 47.2 Å². The van der Waals surface area contributed by atoms with Crippen LogP contribution in [0.25, 0.3) is 0 Å². The number of hydrogen-bond acceptors (Lipinski definition) is 8. The molecule has 0 spiro atoms. The van der Waals surface area contributed by atoms with Gasteiger partial charge in [-0.2, -0.15) is 0 Å². The smallest absolute Gasteiger partial charge is 0.279 e. The van der Waals surface area contributed by atoms with Gasteiger partial charge in [0.05, 0.1) is 6.20 Å². The molecule has 2 N–H and O–H groups in total. The summed E-state index contributed by atoms with van der Waals surface area (Å²) in [6.45, 7) is 3.75. The van der Waals surface area contributed by atoms with Crippen molar-refractivity contribution in [3.63, 3.8) is 0 Å². The maximum absolute atomic E-state index is 12.3. The predicted octanol–water partition coefficient (Wildman–Crippen LogP) is 1.33. The zero-order chi connectivity index (χ0) is 17.6. The summed E-state index contributed by atoms with van der Waals surface area (Å²) in [5.74, 6) is 0.233. The molecule has 2 aromatic heterocycles. The van der Waals surface area contributed by atoms with Gasteiger partial charge in [-0.25, -0.2) is 0 Å². The topological polar surface area (TPSA) is 101 Å². The minimum absolute atomic E-state index is 0. The van der Waals surface area contributed by atoms with E-state index in [-0.39, 0.29) is 30.7 Å². The van der Waals surface area contributed by atoms with Crippen molar-refractivity contribution in [1.82, 2.24) is 35.4 Å². The first kappa shape index (κ1) is 23.7. The van der Waals surface area contributed by atoms with Gasteiger partial charge in [-0.15, -0.1) is 40.1 Å². The number of aromatic nitrogens is 5. The van der Waals surface area contributed by atoms with Gasteiger partial charge in [-0.3, -0.25) is 14.8 Å². The molecule has 1 aliphatic heterocycles. The lowest BCUT2D eigenvalue weighted by Crippen LogP contribution is -2.32. The lowest BCUT2D eigenvalue weighted by atomic mass is 10.00. The molecular weight excluding hydrogens is 411 g/mol. The molecule has 0 aliphatic carbocycles. The van der Waals surface area contributed by atoms with Gasteiger partial charge in [0.15, 0.2) is 5.69 Å². The average molecular weight is 437 g/mol. The first-order valence-corrected chi connectivity index (χ1v) is 9.31. The maximum atomic E-state index is 12.3. The Morgan fingerprint density at radius 3 is 2.89 bits per heavy atom. The second-order valence-electron chi connectivity index (χ2n) is 6.55. The van der Waals surface area contributed by atoms with Gasteiger partial charge < -0.3 is 10.2 Å². The molecule has 0 aromatic carbocycles. The van der Waals surface area contributed by atoms with Gasteiger partial charge in [0.25, 0.3) is 5.91 Å². The summed E-state index contributed by atoms with van der Waals surface area (Å²) in [5.41, 5.74) is 0.300. The van der Waals surface area contributed by atoms with E-state index in [1.165, 1.54) is 24.2 Å². The lowest BCUT2D eigenvalue weighted by Gasteiger charge is -2.22. The van der Waals surface area contributed by atoms with Gasteiger partial charge in [-0.05, 0) is 45.9 Å². The molecule has 1 aliphatic rings. The number of likely N-dealkylation sites (N-methyl/N-ethyl adjacent to an activating group) is 1. The fourth-order valence-corrected chi connectivity index (χ4v) is 3.45. The molecule has 9 nitrogen and oxygen atoms in total. The molecule has 1 fully saturated rings. The number of hydrogen-bond donors (Lipinski definition) is 2. The molecule has 2 aromatic rings. The number of halogens is 2. The number of carbonyl (C=O) groups excluding carboxylic acids is 1. The molecular formula is C15H26Cl2N8OS. The second-order valence-corrected chi connectivity index (χ2v) is 7.61. The highest BCUT2D eigenvalue weighted by molar-refractivity contribution is 7.15. The van der Waals surface area contributed by atoms with E-state index in [4.69, 9.17) is 0 Å². The molecule has 152 valence electrons. The molecule has 1 amide bonds. The molecule has 1 saturated heterocycles. The minimum Gasteiger partial charge on any atom is -0.316 e. The summed E-state index contributed by atoms with van der Waals surface area (Å²) < 4.78 is 1.75. The zero-order valence-electron chi connectivity index (χ0n) is 15.4. The molecule has 0 saturated carbocycles. The summed E-state index contributed by atoms with van der Waals surface area (Å²) in [4.78, 5) is 14.4. The van der Waals surface area contributed by atoms with Gasteiger partial charge in [0, 0.05) is 19.5 Å².